The molecule has 1 amide bonds. The standard InChI is InChI=1S/C16H19ClN4O2/c1-9(19-15(22)11-4-7-13(18)8-11)14-20-16(23-21-14)10-2-5-12(17)6-3-10/h2-3,5-6,9,11,13H,4,7-8,18H2,1H3,(H,19,22). The number of hydrogen-bond donors (Lipinski definition) is 2. The van der Waals surface area contributed by atoms with E-state index in [-0.39, 0.29) is 23.9 Å². The molecule has 2 aromatic rings. The Morgan fingerprint density at radius 1 is 1.39 bits per heavy atom. The first kappa shape index (κ1) is 16.0. The highest BCUT2D eigenvalue weighted by atomic mass is 35.5. The van der Waals surface area contributed by atoms with Gasteiger partial charge in [-0.2, -0.15) is 4.98 Å². The predicted octanol–water partition coefficient (Wildman–Crippen LogP) is 2.69. The third kappa shape index (κ3) is 3.71. The van der Waals surface area contributed by atoms with Gasteiger partial charge < -0.3 is 15.6 Å². The second-order valence-electron chi connectivity index (χ2n) is 5.96. The summed E-state index contributed by atoms with van der Waals surface area (Å²) in [5.74, 6) is 0.838. The summed E-state index contributed by atoms with van der Waals surface area (Å²) in [6.45, 7) is 1.84. The van der Waals surface area contributed by atoms with Crippen molar-refractivity contribution in [3.05, 3.63) is 35.1 Å². The molecule has 1 fully saturated rings. The number of rotatable bonds is 4. The Morgan fingerprint density at radius 3 is 2.78 bits per heavy atom. The molecule has 1 aliphatic carbocycles. The van der Waals surface area contributed by atoms with Crippen LogP contribution < -0.4 is 11.1 Å². The van der Waals surface area contributed by atoms with E-state index in [1.165, 1.54) is 0 Å². The number of carbonyl (C=O) groups is 1. The molecule has 3 atom stereocenters. The van der Waals surface area contributed by atoms with E-state index in [4.69, 9.17) is 21.9 Å². The van der Waals surface area contributed by atoms with Crippen molar-refractivity contribution in [1.82, 2.24) is 15.5 Å². The monoisotopic (exact) mass is 334 g/mol. The van der Waals surface area contributed by atoms with Crippen molar-refractivity contribution in [2.75, 3.05) is 0 Å². The van der Waals surface area contributed by atoms with Gasteiger partial charge in [0.2, 0.25) is 5.91 Å². The molecule has 0 bridgehead atoms. The third-order valence-electron chi connectivity index (χ3n) is 4.12. The molecule has 0 aliphatic heterocycles. The highest BCUT2D eigenvalue weighted by Gasteiger charge is 2.29. The molecule has 3 unspecified atom stereocenters. The van der Waals surface area contributed by atoms with E-state index in [1.54, 1.807) is 12.1 Å². The number of amides is 1. The molecule has 1 aromatic carbocycles. The van der Waals surface area contributed by atoms with Crippen LogP contribution in [-0.4, -0.2) is 22.1 Å². The molecular formula is C16H19ClN4O2. The number of benzene rings is 1. The first-order chi connectivity index (χ1) is 11.0. The summed E-state index contributed by atoms with van der Waals surface area (Å²) in [6, 6.07) is 6.95. The Kier molecular flexibility index (Phi) is 4.63. The molecule has 6 nitrogen and oxygen atoms in total. The lowest BCUT2D eigenvalue weighted by molar-refractivity contribution is -0.125. The van der Waals surface area contributed by atoms with E-state index in [0.29, 0.717) is 16.7 Å². The van der Waals surface area contributed by atoms with E-state index in [1.807, 2.05) is 19.1 Å². The maximum Gasteiger partial charge on any atom is 0.257 e. The number of nitrogens with zero attached hydrogens (tertiary/aromatic N) is 2. The van der Waals surface area contributed by atoms with Crippen LogP contribution in [0.1, 0.15) is 38.1 Å². The Labute approximate surface area is 139 Å². The lowest BCUT2D eigenvalue weighted by Crippen LogP contribution is -2.33. The molecule has 3 N–H and O–H groups in total. The second kappa shape index (κ2) is 6.68. The van der Waals surface area contributed by atoms with Crippen LogP contribution in [0.4, 0.5) is 0 Å². The van der Waals surface area contributed by atoms with Crippen LogP contribution in [0.25, 0.3) is 11.5 Å². The zero-order valence-corrected chi connectivity index (χ0v) is 13.6. The highest BCUT2D eigenvalue weighted by molar-refractivity contribution is 6.30. The fraction of sp³-hybridized carbons (Fsp3) is 0.438. The van der Waals surface area contributed by atoms with Gasteiger partial charge in [-0.1, -0.05) is 16.8 Å². The summed E-state index contributed by atoms with van der Waals surface area (Å²) in [5.41, 5.74) is 6.64. The van der Waals surface area contributed by atoms with Gasteiger partial charge in [-0.3, -0.25) is 4.79 Å². The van der Waals surface area contributed by atoms with E-state index < -0.39 is 0 Å². The smallest absolute Gasteiger partial charge is 0.257 e. The molecule has 1 saturated carbocycles. The van der Waals surface area contributed by atoms with Crippen molar-refractivity contribution in [3.63, 3.8) is 0 Å². The normalized spacial score (nSPS) is 22.0. The lowest BCUT2D eigenvalue weighted by Gasteiger charge is -2.14. The van der Waals surface area contributed by atoms with Gasteiger partial charge in [0, 0.05) is 22.5 Å². The van der Waals surface area contributed by atoms with Crippen LogP contribution in [0, 0.1) is 5.92 Å². The average molecular weight is 335 g/mol. The van der Waals surface area contributed by atoms with Crippen LogP contribution in [0.2, 0.25) is 5.02 Å². The van der Waals surface area contributed by atoms with Gasteiger partial charge in [0.15, 0.2) is 5.82 Å². The number of nitrogens with one attached hydrogen (secondary N) is 1. The molecular weight excluding hydrogens is 316 g/mol. The Balaban J connectivity index is 1.65. The van der Waals surface area contributed by atoms with Crippen LogP contribution >= 0.6 is 11.6 Å². The van der Waals surface area contributed by atoms with Crippen molar-refractivity contribution < 1.29 is 9.32 Å². The molecule has 122 valence electrons. The highest BCUT2D eigenvalue weighted by Crippen LogP contribution is 2.25. The second-order valence-corrected chi connectivity index (χ2v) is 6.40. The molecule has 23 heavy (non-hydrogen) atoms. The van der Waals surface area contributed by atoms with E-state index in [2.05, 4.69) is 15.5 Å². The minimum absolute atomic E-state index is 0.00305. The Hall–Kier alpha value is -1.92. The number of halogens is 1. The fourth-order valence-electron chi connectivity index (χ4n) is 2.77. The number of aromatic nitrogens is 2. The minimum atomic E-state index is -0.316. The van der Waals surface area contributed by atoms with Crippen molar-refractivity contribution in [2.24, 2.45) is 11.7 Å². The summed E-state index contributed by atoms with van der Waals surface area (Å²) in [6.07, 6.45) is 2.47. The van der Waals surface area contributed by atoms with Gasteiger partial charge in [-0.25, -0.2) is 0 Å². The van der Waals surface area contributed by atoms with Gasteiger partial charge in [-0.05, 0) is 50.5 Å². The van der Waals surface area contributed by atoms with E-state index >= 15 is 0 Å². The van der Waals surface area contributed by atoms with Crippen LogP contribution in [0.3, 0.4) is 0 Å². The first-order valence-electron chi connectivity index (χ1n) is 7.68. The Bertz CT molecular complexity index is 686. The van der Waals surface area contributed by atoms with E-state index in [9.17, 15) is 4.79 Å². The van der Waals surface area contributed by atoms with Crippen LogP contribution in [-0.2, 0) is 4.79 Å². The maximum atomic E-state index is 12.2. The number of nitrogens with two attached hydrogens (primary N) is 1. The zero-order valence-electron chi connectivity index (χ0n) is 12.8. The summed E-state index contributed by atoms with van der Waals surface area (Å²) in [4.78, 5) is 16.6. The average Bonchev–Trinajstić information content (AvgIpc) is 3.17. The van der Waals surface area contributed by atoms with Crippen molar-refractivity contribution in [2.45, 2.75) is 38.3 Å². The van der Waals surface area contributed by atoms with Crippen LogP contribution in [0.15, 0.2) is 28.8 Å². The molecule has 0 radical (unpaired) electrons. The molecule has 1 heterocycles. The first-order valence-corrected chi connectivity index (χ1v) is 8.06. The molecule has 7 heteroatoms. The van der Waals surface area contributed by atoms with Crippen molar-refractivity contribution >= 4 is 17.5 Å². The van der Waals surface area contributed by atoms with Gasteiger partial charge in [0.1, 0.15) is 0 Å². The number of carbonyl (C=O) groups excluding carboxylic acids is 1. The summed E-state index contributed by atoms with van der Waals surface area (Å²) in [7, 11) is 0. The van der Waals surface area contributed by atoms with Crippen molar-refractivity contribution in [3.8, 4) is 11.5 Å². The molecule has 0 saturated heterocycles. The quantitative estimate of drug-likeness (QED) is 0.896. The minimum Gasteiger partial charge on any atom is -0.346 e. The van der Waals surface area contributed by atoms with Crippen molar-refractivity contribution in [1.29, 1.82) is 0 Å². The Morgan fingerprint density at radius 2 is 2.13 bits per heavy atom. The summed E-state index contributed by atoms with van der Waals surface area (Å²) < 4.78 is 5.26. The molecule has 1 aliphatic rings. The SMILES string of the molecule is CC(NC(=O)C1CCC(N)C1)c1noc(-c2ccc(Cl)cc2)n1. The van der Waals surface area contributed by atoms with Gasteiger partial charge >= 0.3 is 0 Å². The number of hydrogen-bond acceptors (Lipinski definition) is 5. The summed E-state index contributed by atoms with van der Waals surface area (Å²) >= 11 is 5.86. The third-order valence-corrected chi connectivity index (χ3v) is 4.37. The topological polar surface area (TPSA) is 94.0 Å². The molecule has 1 aromatic heterocycles. The predicted molar refractivity (Wildman–Crippen MR) is 86.6 cm³/mol. The van der Waals surface area contributed by atoms with Gasteiger partial charge in [0.05, 0.1) is 6.04 Å². The van der Waals surface area contributed by atoms with E-state index in [0.717, 1.165) is 24.8 Å². The largest absolute Gasteiger partial charge is 0.346 e. The van der Waals surface area contributed by atoms with Crippen LogP contribution in [0.5, 0.6) is 0 Å². The zero-order chi connectivity index (χ0) is 16.4. The maximum absolute atomic E-state index is 12.2. The fourth-order valence-corrected chi connectivity index (χ4v) is 2.90. The molecule has 3 rings (SSSR count). The van der Waals surface area contributed by atoms with Gasteiger partial charge in [-0.15, -0.1) is 0 Å². The lowest BCUT2D eigenvalue weighted by atomic mass is 10.1. The molecule has 0 spiro atoms. The summed E-state index contributed by atoms with van der Waals surface area (Å²) in [5, 5.41) is 7.53. The van der Waals surface area contributed by atoms with Gasteiger partial charge in [0.25, 0.3) is 5.89 Å².